The van der Waals surface area contributed by atoms with Crippen LogP contribution in [0.4, 0.5) is 0 Å². The topological polar surface area (TPSA) is 58.1 Å². The molecular formula is C20H30N4O2. The van der Waals surface area contributed by atoms with E-state index in [4.69, 9.17) is 9.47 Å². The lowest BCUT2D eigenvalue weighted by Crippen LogP contribution is -2.46. The molecule has 1 aromatic carbocycles. The summed E-state index contributed by atoms with van der Waals surface area (Å²) in [6.07, 6.45) is 4.98. The number of benzene rings is 1. The van der Waals surface area contributed by atoms with Gasteiger partial charge in [-0.3, -0.25) is 9.89 Å². The first kappa shape index (κ1) is 17.5. The van der Waals surface area contributed by atoms with Crippen molar-refractivity contribution in [3.05, 3.63) is 23.8 Å². The molecule has 2 N–H and O–H groups in total. The van der Waals surface area contributed by atoms with Crippen LogP contribution in [-0.4, -0.2) is 56.9 Å². The average molecular weight is 358 g/mol. The third-order valence-corrected chi connectivity index (χ3v) is 6.07. The van der Waals surface area contributed by atoms with E-state index in [2.05, 4.69) is 39.6 Å². The Morgan fingerprint density at radius 3 is 2.88 bits per heavy atom. The van der Waals surface area contributed by atoms with Crippen molar-refractivity contribution in [1.82, 2.24) is 15.5 Å². The van der Waals surface area contributed by atoms with Gasteiger partial charge in [0.15, 0.2) is 17.5 Å². The second-order valence-corrected chi connectivity index (χ2v) is 7.58. The van der Waals surface area contributed by atoms with Crippen molar-refractivity contribution in [2.75, 3.05) is 40.0 Å². The van der Waals surface area contributed by atoms with Crippen molar-refractivity contribution in [3.8, 4) is 11.5 Å². The predicted octanol–water partition coefficient (Wildman–Crippen LogP) is 2.10. The fraction of sp³-hybridized carbons (Fsp3) is 0.650. The molecule has 0 amide bonds. The van der Waals surface area contributed by atoms with Gasteiger partial charge in [0.25, 0.3) is 0 Å². The Morgan fingerprint density at radius 1 is 1.27 bits per heavy atom. The van der Waals surface area contributed by atoms with Crippen LogP contribution in [0.25, 0.3) is 0 Å². The molecule has 6 nitrogen and oxygen atoms in total. The van der Waals surface area contributed by atoms with Gasteiger partial charge < -0.3 is 20.1 Å². The highest BCUT2D eigenvalue weighted by atomic mass is 16.7. The highest BCUT2D eigenvalue weighted by Gasteiger charge is 2.44. The van der Waals surface area contributed by atoms with Crippen LogP contribution in [0, 0.1) is 0 Å². The molecule has 1 aliphatic carbocycles. The zero-order valence-corrected chi connectivity index (χ0v) is 15.9. The van der Waals surface area contributed by atoms with Gasteiger partial charge in [-0.1, -0.05) is 13.0 Å². The molecule has 2 aliphatic heterocycles. The number of likely N-dealkylation sites (N-methyl/N-ethyl adjacent to an activating group) is 1. The lowest BCUT2D eigenvalue weighted by Gasteiger charge is -2.25. The summed E-state index contributed by atoms with van der Waals surface area (Å²) in [6, 6.07) is 6.98. The predicted molar refractivity (Wildman–Crippen MR) is 103 cm³/mol. The Balaban J connectivity index is 1.32. The van der Waals surface area contributed by atoms with Gasteiger partial charge in [0.1, 0.15) is 0 Å². The average Bonchev–Trinajstić information content (AvgIpc) is 3.10. The summed E-state index contributed by atoms with van der Waals surface area (Å²) in [5.74, 6) is 2.63. The number of likely N-dealkylation sites (tertiary alicyclic amines) is 1. The molecule has 142 valence electrons. The number of nitrogens with one attached hydrogen (secondary N) is 2. The van der Waals surface area contributed by atoms with Crippen LogP contribution >= 0.6 is 0 Å². The first-order valence-electron chi connectivity index (χ1n) is 9.83. The van der Waals surface area contributed by atoms with E-state index < -0.39 is 0 Å². The van der Waals surface area contributed by atoms with Crippen LogP contribution in [0.2, 0.25) is 0 Å². The van der Waals surface area contributed by atoms with E-state index in [1.165, 1.54) is 37.8 Å². The maximum atomic E-state index is 5.54. The maximum absolute atomic E-state index is 5.54. The quantitative estimate of drug-likeness (QED) is 0.602. The number of aliphatic imine (C=N–C) groups is 1. The lowest BCUT2D eigenvalue weighted by molar-refractivity contribution is 0.174. The van der Waals surface area contributed by atoms with Crippen LogP contribution in [0.3, 0.4) is 0 Å². The number of nitrogens with zero attached hydrogens (tertiary/aromatic N) is 2. The number of fused-ring (bicyclic) bond motifs is 1. The van der Waals surface area contributed by atoms with Gasteiger partial charge in [0.05, 0.1) is 0 Å². The number of guanidine groups is 1. The zero-order chi connectivity index (χ0) is 18.0. The van der Waals surface area contributed by atoms with Crippen molar-refractivity contribution in [2.24, 2.45) is 4.99 Å². The Kier molecular flexibility index (Phi) is 4.94. The van der Waals surface area contributed by atoms with Crippen molar-refractivity contribution in [1.29, 1.82) is 0 Å². The Morgan fingerprint density at radius 2 is 2.12 bits per heavy atom. The molecule has 0 bridgehead atoms. The van der Waals surface area contributed by atoms with E-state index in [9.17, 15) is 0 Å². The fourth-order valence-electron chi connectivity index (χ4n) is 4.18. The Bertz CT molecular complexity index is 672. The molecule has 1 saturated heterocycles. The van der Waals surface area contributed by atoms with E-state index in [0.717, 1.165) is 37.1 Å². The monoisotopic (exact) mass is 358 g/mol. The summed E-state index contributed by atoms with van der Waals surface area (Å²) < 4.78 is 11.0. The van der Waals surface area contributed by atoms with Gasteiger partial charge in [-0.05, 0) is 56.5 Å². The SMILES string of the molecule is CCN1CCCC1CNC(=NC)NCC1(c2ccc3c(c2)OCO3)CC1. The highest BCUT2D eigenvalue weighted by Crippen LogP contribution is 2.49. The summed E-state index contributed by atoms with van der Waals surface area (Å²) in [5, 5.41) is 7.07. The van der Waals surface area contributed by atoms with Crippen molar-refractivity contribution >= 4 is 5.96 Å². The lowest BCUT2D eigenvalue weighted by atomic mass is 9.95. The molecule has 3 aliphatic rings. The number of hydrogen-bond donors (Lipinski definition) is 2. The molecule has 0 aromatic heterocycles. The second-order valence-electron chi connectivity index (χ2n) is 7.58. The van der Waals surface area contributed by atoms with Gasteiger partial charge >= 0.3 is 0 Å². The minimum atomic E-state index is 0.196. The molecule has 0 spiro atoms. The minimum absolute atomic E-state index is 0.196. The summed E-state index contributed by atoms with van der Waals surface area (Å²) >= 11 is 0. The molecule has 0 radical (unpaired) electrons. The van der Waals surface area contributed by atoms with Crippen LogP contribution in [0.1, 0.15) is 38.2 Å². The fourth-order valence-corrected chi connectivity index (χ4v) is 4.18. The number of hydrogen-bond acceptors (Lipinski definition) is 4. The van der Waals surface area contributed by atoms with Crippen LogP contribution < -0.4 is 20.1 Å². The van der Waals surface area contributed by atoms with Crippen molar-refractivity contribution in [2.45, 2.75) is 44.1 Å². The van der Waals surface area contributed by atoms with Crippen molar-refractivity contribution < 1.29 is 9.47 Å². The van der Waals surface area contributed by atoms with E-state index >= 15 is 0 Å². The van der Waals surface area contributed by atoms with E-state index in [1.54, 1.807) is 0 Å². The zero-order valence-electron chi connectivity index (χ0n) is 15.9. The molecule has 1 saturated carbocycles. The first-order valence-corrected chi connectivity index (χ1v) is 9.83. The molecule has 1 atom stereocenters. The molecule has 6 heteroatoms. The summed E-state index contributed by atoms with van der Waals surface area (Å²) in [4.78, 5) is 6.96. The highest BCUT2D eigenvalue weighted by molar-refractivity contribution is 5.79. The smallest absolute Gasteiger partial charge is 0.231 e. The van der Waals surface area contributed by atoms with E-state index in [0.29, 0.717) is 12.8 Å². The largest absolute Gasteiger partial charge is 0.454 e. The van der Waals surface area contributed by atoms with Gasteiger partial charge in [-0.25, -0.2) is 0 Å². The van der Waals surface area contributed by atoms with Crippen LogP contribution in [-0.2, 0) is 5.41 Å². The molecule has 1 aromatic rings. The van der Waals surface area contributed by atoms with E-state index in [1.807, 2.05) is 13.1 Å². The van der Waals surface area contributed by atoms with Gasteiger partial charge in [0.2, 0.25) is 6.79 Å². The standard InChI is InChI=1S/C20H30N4O2/c1-3-24-10-4-5-16(24)12-22-19(21-2)23-13-20(8-9-20)15-6-7-17-18(11-15)26-14-25-17/h6-7,11,16H,3-5,8-10,12-14H2,1-2H3,(H2,21,22,23). The maximum Gasteiger partial charge on any atom is 0.231 e. The minimum Gasteiger partial charge on any atom is -0.454 e. The first-order chi connectivity index (χ1) is 12.7. The van der Waals surface area contributed by atoms with Gasteiger partial charge in [0, 0.05) is 31.6 Å². The van der Waals surface area contributed by atoms with Gasteiger partial charge in [-0.2, -0.15) is 0 Å². The van der Waals surface area contributed by atoms with Crippen molar-refractivity contribution in [3.63, 3.8) is 0 Å². The third kappa shape index (κ3) is 3.47. The van der Waals surface area contributed by atoms with Gasteiger partial charge in [-0.15, -0.1) is 0 Å². The molecule has 2 heterocycles. The Labute approximate surface area is 156 Å². The molecule has 26 heavy (non-hydrogen) atoms. The second kappa shape index (κ2) is 7.35. The molecular weight excluding hydrogens is 328 g/mol. The van der Waals surface area contributed by atoms with Crippen LogP contribution in [0.15, 0.2) is 23.2 Å². The van der Waals surface area contributed by atoms with E-state index in [-0.39, 0.29) is 5.41 Å². The molecule has 1 unspecified atom stereocenters. The summed E-state index contributed by atoms with van der Waals surface area (Å²) in [7, 11) is 1.85. The third-order valence-electron chi connectivity index (χ3n) is 6.07. The molecule has 2 fully saturated rings. The summed E-state index contributed by atoms with van der Waals surface area (Å²) in [6.45, 7) is 6.79. The number of rotatable bonds is 6. The van der Waals surface area contributed by atoms with Crippen LogP contribution in [0.5, 0.6) is 11.5 Å². The summed E-state index contributed by atoms with van der Waals surface area (Å²) in [5.41, 5.74) is 1.53. The Hall–Kier alpha value is -1.95. The normalized spacial score (nSPS) is 23.9. The molecule has 4 rings (SSSR count). The number of ether oxygens (including phenoxy) is 2.